The minimum Gasteiger partial charge on any atom is -0.343 e. The maximum atomic E-state index is 12.1. The highest BCUT2D eigenvalue weighted by molar-refractivity contribution is 7.07. The molecule has 4 aromatic rings. The molecule has 33 heavy (non-hydrogen) atoms. The summed E-state index contributed by atoms with van der Waals surface area (Å²) in [7, 11) is 0. The molecule has 5 heteroatoms. The number of benzene rings is 3. The van der Waals surface area contributed by atoms with E-state index < -0.39 is 0 Å². The number of aromatic nitrogens is 1. The van der Waals surface area contributed by atoms with Crippen LogP contribution in [0.1, 0.15) is 30.4 Å². The zero-order chi connectivity index (χ0) is 22.8. The van der Waals surface area contributed by atoms with Crippen LogP contribution in [-0.4, -0.2) is 28.5 Å². The third-order valence-corrected chi connectivity index (χ3v) is 7.28. The number of hydrogen-bond acceptors (Lipinski definition) is 3. The van der Waals surface area contributed by atoms with Crippen LogP contribution in [0.25, 0.3) is 22.0 Å². The first kappa shape index (κ1) is 21.7. The van der Waals surface area contributed by atoms with Crippen LogP contribution >= 0.6 is 11.3 Å². The monoisotopic (exact) mass is 455 g/mol. The number of likely N-dealkylation sites (tertiary alicyclic amines) is 1. The lowest BCUT2D eigenvalue weighted by molar-refractivity contribution is -0.127. The number of nitrogens with zero attached hydrogens (tertiary/aromatic N) is 3. The molecule has 1 aromatic heterocycles. The van der Waals surface area contributed by atoms with Crippen molar-refractivity contribution in [1.82, 2.24) is 9.47 Å². The molecule has 0 atom stereocenters. The Morgan fingerprint density at radius 1 is 1.00 bits per heavy atom. The lowest BCUT2D eigenvalue weighted by Gasteiger charge is -2.17. The Labute approximate surface area is 198 Å². The topological polar surface area (TPSA) is 37.6 Å². The fourth-order valence-corrected chi connectivity index (χ4v) is 5.63. The number of amides is 1. The summed E-state index contributed by atoms with van der Waals surface area (Å²) < 4.78 is 2.34. The summed E-state index contributed by atoms with van der Waals surface area (Å²) in [6.07, 6.45) is 2.60. The third-order valence-electron chi connectivity index (χ3n) is 6.41. The Bertz CT molecular complexity index is 1380. The summed E-state index contributed by atoms with van der Waals surface area (Å²) in [5, 5.41) is 4.72. The molecule has 0 bridgehead atoms. The van der Waals surface area contributed by atoms with Gasteiger partial charge in [-0.15, -0.1) is 11.3 Å². The van der Waals surface area contributed by atoms with Crippen LogP contribution in [0.2, 0.25) is 0 Å². The van der Waals surface area contributed by atoms with Crippen LogP contribution in [0.3, 0.4) is 0 Å². The van der Waals surface area contributed by atoms with Gasteiger partial charge in [-0.2, -0.15) is 0 Å². The first-order valence-corrected chi connectivity index (χ1v) is 12.5. The van der Waals surface area contributed by atoms with Gasteiger partial charge < -0.3 is 9.47 Å². The normalized spacial score (nSPS) is 14.5. The number of hydrogen-bond donors (Lipinski definition) is 0. The number of carbonyl (C=O) groups is 1. The van der Waals surface area contributed by atoms with E-state index in [1.807, 2.05) is 4.90 Å². The van der Waals surface area contributed by atoms with E-state index in [1.165, 1.54) is 33.2 Å². The van der Waals surface area contributed by atoms with Crippen molar-refractivity contribution in [3.63, 3.8) is 0 Å². The van der Waals surface area contributed by atoms with Crippen LogP contribution in [0, 0.1) is 13.8 Å². The zero-order valence-electron chi connectivity index (χ0n) is 19.3. The van der Waals surface area contributed by atoms with Gasteiger partial charge in [0.05, 0.1) is 11.4 Å². The molecular weight excluding hydrogens is 426 g/mol. The van der Waals surface area contributed by atoms with Crippen LogP contribution in [-0.2, 0) is 11.3 Å². The van der Waals surface area contributed by atoms with Crippen LogP contribution < -0.4 is 4.80 Å². The Balaban J connectivity index is 1.57. The highest BCUT2D eigenvalue weighted by Gasteiger charge is 2.19. The van der Waals surface area contributed by atoms with Gasteiger partial charge in [0, 0.05) is 37.0 Å². The van der Waals surface area contributed by atoms with E-state index >= 15 is 0 Å². The standard InChI is InChI=1S/C28H29N3OS/c1-20-13-14-25(21(2)18-20)29-28-31(17-7-16-30-15-6-12-27(30)32)26(19-33-28)24-11-5-9-22-8-3-4-10-23(22)24/h3-5,8-11,13-14,18-19H,6-7,12,15-17H2,1-2H3. The van der Waals surface area contributed by atoms with Crippen molar-refractivity contribution in [2.45, 2.75) is 39.7 Å². The Hall–Kier alpha value is -3.18. The van der Waals surface area contributed by atoms with Crippen molar-refractivity contribution in [3.05, 3.63) is 82.0 Å². The summed E-state index contributed by atoms with van der Waals surface area (Å²) >= 11 is 1.69. The second-order valence-electron chi connectivity index (χ2n) is 8.82. The molecule has 1 aliphatic rings. The predicted molar refractivity (Wildman–Crippen MR) is 137 cm³/mol. The molecule has 0 N–H and O–H groups in total. The molecule has 1 aliphatic heterocycles. The van der Waals surface area contributed by atoms with Crippen molar-refractivity contribution >= 4 is 33.7 Å². The van der Waals surface area contributed by atoms with Crippen molar-refractivity contribution in [3.8, 4) is 11.3 Å². The molecular formula is C28H29N3OS. The molecule has 1 amide bonds. The van der Waals surface area contributed by atoms with E-state index in [0.717, 1.165) is 43.0 Å². The Morgan fingerprint density at radius 3 is 2.67 bits per heavy atom. The highest BCUT2D eigenvalue weighted by Crippen LogP contribution is 2.29. The second-order valence-corrected chi connectivity index (χ2v) is 9.66. The zero-order valence-corrected chi connectivity index (χ0v) is 20.1. The van der Waals surface area contributed by atoms with Crippen LogP contribution in [0.4, 0.5) is 5.69 Å². The summed E-state index contributed by atoms with van der Waals surface area (Å²) in [4.78, 5) is 20.2. The number of rotatable bonds is 6. The van der Waals surface area contributed by atoms with Crippen molar-refractivity contribution < 1.29 is 4.79 Å². The number of carbonyl (C=O) groups excluding carboxylic acids is 1. The molecule has 4 nitrogen and oxygen atoms in total. The van der Waals surface area contributed by atoms with Crippen molar-refractivity contribution in [2.75, 3.05) is 13.1 Å². The van der Waals surface area contributed by atoms with E-state index in [4.69, 9.17) is 4.99 Å². The van der Waals surface area contributed by atoms with E-state index in [0.29, 0.717) is 12.3 Å². The molecule has 0 saturated carbocycles. The maximum absolute atomic E-state index is 12.1. The number of thiazole rings is 1. The second kappa shape index (κ2) is 9.36. The average Bonchev–Trinajstić information content (AvgIpc) is 3.41. The van der Waals surface area contributed by atoms with Crippen molar-refractivity contribution in [1.29, 1.82) is 0 Å². The molecule has 0 radical (unpaired) electrons. The van der Waals surface area contributed by atoms with E-state index in [9.17, 15) is 4.79 Å². The molecule has 0 spiro atoms. The van der Waals surface area contributed by atoms with Gasteiger partial charge >= 0.3 is 0 Å². The number of aryl methyl sites for hydroxylation is 2. The average molecular weight is 456 g/mol. The van der Waals surface area contributed by atoms with Gasteiger partial charge in [-0.05, 0) is 49.1 Å². The molecule has 1 saturated heterocycles. The Kier molecular flexibility index (Phi) is 6.14. The van der Waals surface area contributed by atoms with E-state index in [2.05, 4.69) is 84.5 Å². The lowest BCUT2D eigenvalue weighted by atomic mass is 10.0. The summed E-state index contributed by atoms with van der Waals surface area (Å²) in [5.74, 6) is 0.291. The quantitative estimate of drug-likeness (QED) is 0.339. The first-order valence-electron chi connectivity index (χ1n) is 11.7. The van der Waals surface area contributed by atoms with Gasteiger partial charge in [-0.1, -0.05) is 60.2 Å². The van der Waals surface area contributed by atoms with Crippen LogP contribution in [0.15, 0.2) is 71.0 Å². The molecule has 3 aromatic carbocycles. The molecule has 168 valence electrons. The molecule has 1 fully saturated rings. The number of fused-ring (bicyclic) bond motifs is 1. The molecule has 2 heterocycles. The first-order chi connectivity index (χ1) is 16.1. The van der Waals surface area contributed by atoms with Gasteiger partial charge in [-0.3, -0.25) is 4.79 Å². The van der Waals surface area contributed by atoms with Crippen LogP contribution in [0.5, 0.6) is 0 Å². The van der Waals surface area contributed by atoms with Gasteiger partial charge in [0.2, 0.25) is 5.91 Å². The highest BCUT2D eigenvalue weighted by atomic mass is 32.1. The minimum atomic E-state index is 0.291. The predicted octanol–water partition coefficient (Wildman–Crippen LogP) is 6.23. The van der Waals surface area contributed by atoms with Gasteiger partial charge in [0.15, 0.2) is 4.80 Å². The fraction of sp³-hybridized carbons (Fsp3) is 0.286. The molecule has 5 rings (SSSR count). The summed E-state index contributed by atoms with van der Waals surface area (Å²) in [5.41, 5.74) is 5.86. The van der Waals surface area contributed by atoms with E-state index in [1.54, 1.807) is 11.3 Å². The summed E-state index contributed by atoms with van der Waals surface area (Å²) in [6.45, 7) is 6.76. The van der Waals surface area contributed by atoms with Crippen molar-refractivity contribution in [2.24, 2.45) is 4.99 Å². The maximum Gasteiger partial charge on any atom is 0.222 e. The fourth-order valence-electron chi connectivity index (χ4n) is 4.69. The third kappa shape index (κ3) is 4.51. The smallest absolute Gasteiger partial charge is 0.222 e. The van der Waals surface area contributed by atoms with E-state index in [-0.39, 0.29) is 0 Å². The SMILES string of the molecule is Cc1ccc(N=c2scc(-c3cccc4ccccc34)n2CCCN2CCCC2=O)c(C)c1. The largest absolute Gasteiger partial charge is 0.343 e. The minimum absolute atomic E-state index is 0.291. The summed E-state index contributed by atoms with van der Waals surface area (Å²) in [6, 6.07) is 21.4. The molecule has 0 aliphatic carbocycles. The Morgan fingerprint density at radius 2 is 1.85 bits per heavy atom. The van der Waals surface area contributed by atoms with Gasteiger partial charge in [0.25, 0.3) is 0 Å². The lowest BCUT2D eigenvalue weighted by Crippen LogP contribution is -2.27. The van der Waals surface area contributed by atoms with Gasteiger partial charge in [0.1, 0.15) is 0 Å². The van der Waals surface area contributed by atoms with Gasteiger partial charge in [-0.25, -0.2) is 4.99 Å². The molecule has 0 unspecified atom stereocenters.